The molecular weight excluding hydrogens is 292 g/mol. The Balaban J connectivity index is 2.06. The molecule has 8 heteroatoms. The van der Waals surface area contributed by atoms with Gasteiger partial charge in [0.05, 0.1) is 11.3 Å². The number of nitrogen functional groups attached to an aromatic ring is 1. The Morgan fingerprint density at radius 1 is 1.38 bits per heavy atom. The minimum Gasteiger partial charge on any atom is -0.399 e. The summed E-state index contributed by atoms with van der Waals surface area (Å²) in [7, 11) is -0.397. The first-order valence-electron chi connectivity index (χ1n) is 6.36. The van der Waals surface area contributed by atoms with Crippen molar-refractivity contribution in [2.45, 2.75) is 0 Å². The fraction of sp³-hybridized carbons (Fsp3) is 0.308. The predicted molar refractivity (Wildman–Crippen MR) is 82.5 cm³/mol. The Bertz CT molecular complexity index is 765. The molecule has 4 N–H and O–H groups in total. The molecule has 0 atom stereocenters. The number of carbonyl (C=O) groups excluding carboxylic acids is 1. The number of nitrogens with two attached hydrogens (primary N) is 1. The van der Waals surface area contributed by atoms with Crippen LogP contribution in [-0.4, -0.2) is 50.0 Å². The molecule has 0 radical (unpaired) electrons. The Morgan fingerprint density at radius 3 is 2.76 bits per heavy atom. The topological polar surface area (TPSA) is 108 Å². The van der Waals surface area contributed by atoms with Gasteiger partial charge in [-0.3, -0.25) is 4.79 Å². The summed E-state index contributed by atoms with van der Waals surface area (Å²) in [5, 5.41) is 3.35. The average Bonchev–Trinajstić information content (AvgIpc) is 2.81. The minimum absolute atomic E-state index is 0.0565. The van der Waals surface area contributed by atoms with Crippen molar-refractivity contribution in [3.63, 3.8) is 0 Å². The standard InChI is InChI=1S/C13H18N4O3S/c1-17(2)21(19,20)6-5-15-13(18)11-8-16-12-7-9(14)3-4-10(11)12/h3-4,7-8,16H,5-6,14H2,1-2H3,(H,15,18). The first kappa shape index (κ1) is 15.3. The molecule has 1 heterocycles. The molecule has 1 amide bonds. The van der Waals surface area contributed by atoms with Crippen molar-refractivity contribution in [3.8, 4) is 0 Å². The van der Waals surface area contributed by atoms with Gasteiger partial charge >= 0.3 is 0 Å². The van der Waals surface area contributed by atoms with E-state index >= 15 is 0 Å². The summed E-state index contributed by atoms with van der Waals surface area (Å²) in [6.07, 6.45) is 1.58. The van der Waals surface area contributed by atoms with Gasteiger partial charge in [0.2, 0.25) is 10.0 Å². The van der Waals surface area contributed by atoms with Gasteiger partial charge in [-0.25, -0.2) is 12.7 Å². The molecular formula is C13H18N4O3S. The Hall–Kier alpha value is -2.06. The quantitative estimate of drug-likeness (QED) is 0.693. The zero-order valence-corrected chi connectivity index (χ0v) is 12.7. The van der Waals surface area contributed by atoms with Crippen LogP contribution in [0.4, 0.5) is 5.69 Å². The molecule has 0 unspecified atom stereocenters. The van der Waals surface area contributed by atoms with Crippen LogP contribution in [0.25, 0.3) is 10.9 Å². The van der Waals surface area contributed by atoms with Gasteiger partial charge in [0.1, 0.15) is 0 Å². The van der Waals surface area contributed by atoms with Crippen LogP contribution in [-0.2, 0) is 10.0 Å². The monoisotopic (exact) mass is 310 g/mol. The Kier molecular flexibility index (Phi) is 4.19. The first-order chi connectivity index (χ1) is 9.81. The van der Waals surface area contributed by atoms with Gasteiger partial charge in [-0.1, -0.05) is 0 Å². The van der Waals surface area contributed by atoms with Crippen molar-refractivity contribution in [2.75, 3.05) is 32.1 Å². The summed E-state index contributed by atoms with van der Waals surface area (Å²) in [5.74, 6) is -0.457. The lowest BCUT2D eigenvalue weighted by Crippen LogP contribution is -2.33. The second-order valence-corrected chi connectivity index (χ2v) is 7.16. The van der Waals surface area contributed by atoms with E-state index in [2.05, 4.69) is 10.3 Å². The van der Waals surface area contributed by atoms with Crippen molar-refractivity contribution in [3.05, 3.63) is 30.0 Å². The molecule has 0 fully saturated rings. The second-order valence-electron chi connectivity index (χ2n) is 4.86. The summed E-state index contributed by atoms with van der Waals surface area (Å²) in [6, 6.07) is 5.21. The maximum absolute atomic E-state index is 12.1. The molecule has 0 spiro atoms. The normalized spacial score (nSPS) is 12.0. The number of aromatic amines is 1. The minimum atomic E-state index is -3.32. The number of amides is 1. The van der Waals surface area contributed by atoms with Gasteiger partial charge in [0.15, 0.2) is 0 Å². The molecule has 1 aromatic heterocycles. The van der Waals surface area contributed by atoms with E-state index < -0.39 is 10.0 Å². The van der Waals surface area contributed by atoms with Gasteiger partial charge in [-0.2, -0.15) is 0 Å². The van der Waals surface area contributed by atoms with Crippen molar-refractivity contribution < 1.29 is 13.2 Å². The summed E-state index contributed by atoms with van der Waals surface area (Å²) >= 11 is 0. The van der Waals surface area contributed by atoms with Crippen LogP contribution in [0.15, 0.2) is 24.4 Å². The lowest BCUT2D eigenvalue weighted by Gasteiger charge is -2.11. The van der Waals surface area contributed by atoms with E-state index in [4.69, 9.17) is 5.73 Å². The second kappa shape index (κ2) is 5.74. The molecule has 1 aromatic carbocycles. The maximum Gasteiger partial charge on any atom is 0.253 e. The number of benzene rings is 1. The molecule has 2 rings (SSSR count). The SMILES string of the molecule is CN(C)S(=O)(=O)CCNC(=O)c1c[nH]c2cc(N)ccc12. The number of aromatic nitrogens is 1. The fourth-order valence-electron chi connectivity index (χ4n) is 1.90. The maximum atomic E-state index is 12.1. The smallest absolute Gasteiger partial charge is 0.253 e. The van der Waals surface area contributed by atoms with Gasteiger partial charge < -0.3 is 16.0 Å². The Labute approximate surface area is 123 Å². The van der Waals surface area contributed by atoms with Crippen LogP contribution < -0.4 is 11.1 Å². The fourth-order valence-corrected chi connectivity index (χ4v) is 2.63. The van der Waals surface area contributed by atoms with Crippen LogP contribution in [0.5, 0.6) is 0 Å². The molecule has 0 aliphatic carbocycles. The number of hydrogen-bond donors (Lipinski definition) is 3. The lowest BCUT2D eigenvalue weighted by atomic mass is 10.1. The van der Waals surface area contributed by atoms with E-state index in [1.165, 1.54) is 14.1 Å². The summed E-state index contributed by atoms with van der Waals surface area (Å²) in [4.78, 5) is 15.1. The van der Waals surface area contributed by atoms with E-state index in [0.29, 0.717) is 11.3 Å². The third kappa shape index (κ3) is 3.34. The van der Waals surface area contributed by atoms with Gasteiger partial charge in [0, 0.05) is 43.4 Å². The van der Waals surface area contributed by atoms with E-state index in [0.717, 1.165) is 15.2 Å². The van der Waals surface area contributed by atoms with Crippen molar-refractivity contribution in [1.82, 2.24) is 14.6 Å². The van der Waals surface area contributed by atoms with Crippen LogP contribution in [0, 0.1) is 0 Å². The number of H-pyrrole nitrogens is 1. The van der Waals surface area contributed by atoms with Crippen molar-refractivity contribution >= 4 is 32.5 Å². The lowest BCUT2D eigenvalue weighted by molar-refractivity contribution is 0.0957. The van der Waals surface area contributed by atoms with E-state index in [-0.39, 0.29) is 18.2 Å². The number of rotatable bonds is 5. The third-order valence-corrected chi connectivity index (χ3v) is 4.99. The van der Waals surface area contributed by atoms with Crippen LogP contribution in [0.3, 0.4) is 0 Å². The van der Waals surface area contributed by atoms with Crippen LogP contribution >= 0.6 is 0 Å². The van der Waals surface area contributed by atoms with Gasteiger partial charge in [-0.15, -0.1) is 0 Å². The molecule has 0 saturated heterocycles. The van der Waals surface area contributed by atoms with Crippen molar-refractivity contribution in [2.24, 2.45) is 0 Å². The molecule has 0 aliphatic heterocycles. The molecule has 114 valence electrons. The number of nitrogens with zero attached hydrogens (tertiary/aromatic N) is 1. The third-order valence-electron chi connectivity index (χ3n) is 3.15. The Morgan fingerprint density at radius 2 is 2.10 bits per heavy atom. The number of fused-ring (bicyclic) bond motifs is 1. The highest BCUT2D eigenvalue weighted by Gasteiger charge is 2.15. The molecule has 2 aromatic rings. The van der Waals surface area contributed by atoms with E-state index in [1.807, 2.05) is 0 Å². The van der Waals surface area contributed by atoms with E-state index in [9.17, 15) is 13.2 Å². The molecule has 0 aliphatic rings. The highest BCUT2D eigenvalue weighted by atomic mass is 32.2. The number of anilines is 1. The van der Waals surface area contributed by atoms with Crippen LogP contribution in [0.2, 0.25) is 0 Å². The largest absolute Gasteiger partial charge is 0.399 e. The van der Waals surface area contributed by atoms with E-state index in [1.54, 1.807) is 24.4 Å². The molecule has 21 heavy (non-hydrogen) atoms. The van der Waals surface area contributed by atoms with Gasteiger partial charge in [-0.05, 0) is 18.2 Å². The first-order valence-corrected chi connectivity index (χ1v) is 7.97. The number of hydrogen-bond acceptors (Lipinski definition) is 4. The zero-order chi connectivity index (χ0) is 15.6. The van der Waals surface area contributed by atoms with Crippen molar-refractivity contribution in [1.29, 1.82) is 0 Å². The average molecular weight is 310 g/mol. The van der Waals surface area contributed by atoms with Gasteiger partial charge in [0.25, 0.3) is 5.91 Å². The van der Waals surface area contributed by atoms with Crippen LogP contribution in [0.1, 0.15) is 10.4 Å². The summed E-state index contributed by atoms with van der Waals surface area (Å²) in [6.45, 7) is 0.0565. The highest BCUT2D eigenvalue weighted by molar-refractivity contribution is 7.89. The zero-order valence-electron chi connectivity index (χ0n) is 11.9. The molecule has 0 saturated carbocycles. The molecule has 0 bridgehead atoms. The summed E-state index contributed by atoms with van der Waals surface area (Å²) < 4.78 is 24.3. The number of nitrogens with one attached hydrogen (secondary N) is 2. The highest BCUT2D eigenvalue weighted by Crippen LogP contribution is 2.20. The number of carbonyl (C=O) groups is 1. The predicted octanol–water partition coefficient (Wildman–Crippen LogP) is 0.371. The number of sulfonamides is 1. The summed E-state index contributed by atoms with van der Waals surface area (Å²) in [5.41, 5.74) is 7.51. The molecule has 7 nitrogen and oxygen atoms in total.